The minimum Gasteiger partial charge on any atom is -0.354 e. The van der Waals surface area contributed by atoms with Crippen molar-refractivity contribution in [1.29, 1.82) is 0 Å². The van der Waals surface area contributed by atoms with Gasteiger partial charge in [0.25, 0.3) is 11.5 Å². The lowest BCUT2D eigenvalue weighted by molar-refractivity contribution is -0.131. The molecule has 0 saturated carbocycles. The number of amides is 7. The monoisotopic (exact) mass is 1580 g/mol. The fourth-order valence-corrected chi connectivity index (χ4v) is 7.92. The van der Waals surface area contributed by atoms with Gasteiger partial charge in [-0.05, 0) is 120 Å². The van der Waals surface area contributed by atoms with Crippen molar-refractivity contribution in [3.05, 3.63) is 96.9 Å². The van der Waals surface area contributed by atoms with Crippen LogP contribution in [0.3, 0.4) is 0 Å². The van der Waals surface area contributed by atoms with Gasteiger partial charge in [0.15, 0.2) is 5.78 Å². The number of rotatable bonds is 19. The summed E-state index contributed by atoms with van der Waals surface area (Å²) < 4.78 is 38.8. The molecule has 106 heavy (non-hydrogen) atoms. The molecule has 24 heteroatoms. The molecular weight excluding hydrogens is 1440 g/mol. The molecule has 0 fully saturated rings. The fourth-order valence-electron chi connectivity index (χ4n) is 6.42. The van der Waals surface area contributed by atoms with Gasteiger partial charge in [-0.15, -0.1) is 34.8 Å². The van der Waals surface area contributed by atoms with E-state index in [-0.39, 0.29) is 102 Å². The molecule has 7 amide bonds. The average Bonchev–Trinajstić information content (AvgIpc) is 1.66. The number of nitrogens with zero attached hydrogens (tertiary/aromatic N) is 3. The molecule has 0 saturated heterocycles. The van der Waals surface area contributed by atoms with E-state index in [1.54, 1.807) is 63.1 Å². The SMILES string of the molecule is C=C(C(=O)NCC(C)(C)C)C(F)(F)F.C=C(C)C(=O)NCC(C)(C)C.C=CC(=O)CCC(C)(C)C.C=CC(=O)N(C)CC(C)(C)C.C=CC(=O)N(C)CCC(C)(C)C.CC(C)(C)Cn1sc2ccccc2c1=O.CC(Cl)C(=O)NCC(C)(C)C.C[C@@H](Cl)C(=O)NCC(C)(C)C.C[C@H](Cl)C(=O)NCC(C)(C)C. The first-order chi connectivity index (χ1) is 47.0. The maximum absolute atomic E-state index is 12.0. The molecule has 616 valence electrons. The largest absolute Gasteiger partial charge is 0.421 e. The number of carbonyl (C=O) groups excluding carboxylic acids is 8. The van der Waals surface area contributed by atoms with E-state index in [0.29, 0.717) is 38.2 Å². The molecule has 0 bridgehead atoms. The molecule has 0 aliphatic rings. The molecular formula is C82H146Cl3F3N8O9S. The van der Waals surface area contributed by atoms with E-state index >= 15 is 0 Å². The van der Waals surface area contributed by atoms with E-state index in [1.807, 2.05) is 49.0 Å². The molecule has 1 aromatic carbocycles. The molecule has 1 unspecified atom stereocenters. The van der Waals surface area contributed by atoms with Crippen LogP contribution in [-0.4, -0.2) is 143 Å². The van der Waals surface area contributed by atoms with Crippen LogP contribution in [0.5, 0.6) is 0 Å². The molecule has 2 rings (SSSR count). The third kappa shape index (κ3) is 77.8. The van der Waals surface area contributed by atoms with E-state index in [1.165, 1.54) is 18.2 Å². The first kappa shape index (κ1) is 114. The van der Waals surface area contributed by atoms with Crippen molar-refractivity contribution in [2.24, 2.45) is 48.7 Å². The predicted octanol–water partition coefficient (Wildman–Crippen LogP) is 18.7. The zero-order chi connectivity index (χ0) is 85.9. The van der Waals surface area contributed by atoms with Crippen molar-refractivity contribution in [2.75, 3.05) is 59.9 Å². The van der Waals surface area contributed by atoms with Gasteiger partial charge in [0, 0.05) is 78.4 Å². The zero-order valence-corrected chi connectivity index (χ0v) is 74.9. The first-order valence-corrected chi connectivity index (χ1v) is 37.8. The van der Waals surface area contributed by atoms with Crippen LogP contribution in [0.2, 0.25) is 0 Å². The van der Waals surface area contributed by atoms with Crippen LogP contribution in [0, 0.1) is 48.7 Å². The number of carbonyl (C=O) groups is 8. The topological polar surface area (TPSA) is 225 Å². The molecule has 5 N–H and O–H groups in total. The van der Waals surface area contributed by atoms with E-state index in [9.17, 15) is 56.3 Å². The Morgan fingerprint density at radius 3 is 1.07 bits per heavy atom. The molecule has 17 nitrogen and oxygen atoms in total. The number of benzene rings is 1. The Bertz CT molecular complexity index is 2970. The maximum Gasteiger partial charge on any atom is 0.421 e. The summed E-state index contributed by atoms with van der Waals surface area (Å²) in [5.41, 5.74) is 0.477. The van der Waals surface area contributed by atoms with E-state index in [2.05, 4.69) is 226 Å². The third-order valence-electron chi connectivity index (χ3n) is 12.6. The average molecular weight is 1580 g/mol. The number of ketones is 1. The Labute approximate surface area is 659 Å². The second kappa shape index (κ2) is 52.4. The number of allylic oxidation sites excluding steroid dienone is 1. The van der Waals surface area contributed by atoms with Gasteiger partial charge < -0.3 is 36.4 Å². The predicted molar refractivity (Wildman–Crippen MR) is 447 cm³/mol. The van der Waals surface area contributed by atoms with Gasteiger partial charge in [-0.1, -0.05) is 244 Å². The number of likely N-dealkylation sites (N-methyl/N-ethyl adjacent to an activating group) is 2. The van der Waals surface area contributed by atoms with Gasteiger partial charge in [-0.3, -0.25) is 47.1 Å². The van der Waals surface area contributed by atoms with Crippen LogP contribution >= 0.6 is 46.3 Å². The summed E-state index contributed by atoms with van der Waals surface area (Å²) in [5, 5.41) is 12.7. The molecule has 0 radical (unpaired) electrons. The lowest BCUT2D eigenvalue weighted by Gasteiger charge is -2.25. The number of fused-ring (bicyclic) bond motifs is 1. The summed E-state index contributed by atoms with van der Waals surface area (Å²) in [6.07, 6.45) is 2.02. The Morgan fingerprint density at radius 2 is 0.802 bits per heavy atom. The van der Waals surface area contributed by atoms with Crippen LogP contribution in [0.1, 0.15) is 234 Å². The van der Waals surface area contributed by atoms with Crippen LogP contribution in [0.15, 0.2) is 91.3 Å². The highest BCUT2D eigenvalue weighted by Gasteiger charge is 2.37. The highest BCUT2D eigenvalue weighted by molar-refractivity contribution is 7.13. The number of halogens is 6. The first-order valence-electron chi connectivity index (χ1n) is 35.7. The fraction of sp³-hybridized carbons (Fsp3) is 0.695. The van der Waals surface area contributed by atoms with Gasteiger partial charge in [0.05, 0.1) is 10.1 Å². The summed E-state index contributed by atoms with van der Waals surface area (Å²) in [6, 6.07) is 7.78. The summed E-state index contributed by atoms with van der Waals surface area (Å²) in [7, 11) is 3.59. The van der Waals surface area contributed by atoms with Gasteiger partial charge in [0.2, 0.25) is 35.4 Å². The van der Waals surface area contributed by atoms with E-state index in [0.717, 1.165) is 42.6 Å². The molecule has 0 spiro atoms. The quantitative estimate of drug-likeness (QED) is 0.0665. The minimum absolute atomic E-state index is 0.000694. The molecule has 3 atom stereocenters. The van der Waals surface area contributed by atoms with Gasteiger partial charge in [-0.25, -0.2) is 0 Å². The summed E-state index contributed by atoms with van der Waals surface area (Å²) in [4.78, 5) is 103. The van der Waals surface area contributed by atoms with Crippen LogP contribution in [-0.2, 0) is 44.9 Å². The van der Waals surface area contributed by atoms with Crippen molar-refractivity contribution < 1.29 is 51.5 Å². The minimum atomic E-state index is -4.65. The van der Waals surface area contributed by atoms with Crippen LogP contribution in [0.25, 0.3) is 10.1 Å². The van der Waals surface area contributed by atoms with Crippen LogP contribution in [0.4, 0.5) is 13.2 Å². The van der Waals surface area contributed by atoms with Crippen molar-refractivity contribution in [3.63, 3.8) is 0 Å². The van der Waals surface area contributed by atoms with Crippen molar-refractivity contribution in [3.8, 4) is 0 Å². The Balaban J connectivity index is -0.000000209. The summed E-state index contributed by atoms with van der Waals surface area (Å²) in [6.45, 7) is 84.2. The zero-order valence-electron chi connectivity index (χ0n) is 71.8. The molecule has 1 aromatic heterocycles. The second-order valence-electron chi connectivity index (χ2n) is 36.9. The Morgan fingerprint density at radius 1 is 0.481 bits per heavy atom. The van der Waals surface area contributed by atoms with Gasteiger partial charge in [-0.2, -0.15) is 13.2 Å². The highest BCUT2D eigenvalue weighted by Crippen LogP contribution is 2.26. The van der Waals surface area contributed by atoms with E-state index in [4.69, 9.17) is 34.8 Å². The van der Waals surface area contributed by atoms with Gasteiger partial charge >= 0.3 is 6.18 Å². The van der Waals surface area contributed by atoms with Crippen LogP contribution < -0.4 is 32.1 Å². The number of hydrogen-bond donors (Lipinski definition) is 5. The maximum atomic E-state index is 12.0. The number of aromatic nitrogens is 1. The smallest absolute Gasteiger partial charge is 0.354 e. The lowest BCUT2D eigenvalue weighted by atomic mass is 9.90. The standard InChI is InChI=1S/C12H15NOS.C10H19NO.C9H14F3NO.2C9H17NO.C9H16O.3C8H16ClNO/c1-12(2,3)8-13-11(14)9-6-4-5-7-10(9)15-13;1-6-9(12)11(5)8-7-10(2,3)4;1-6(9(10,11)12)7(14)13-5-8(2,3)4;1-7(2)8(11)10-6-9(3,4)5;1-6-8(11)10(5)7-9(2,3)4;1-5-8(10)6-7-9(2,3)4;3*1-6(9)7(11)10-5-8(2,3)4/h4-7H,8H2,1-3H3;6H,1,7-8H2,2-5H3;1,5H2,2-4H3,(H,13,14);1,6H2,2-5H3,(H,10,11);6H,1,7H2,2-5H3;5H,1,6-7H2,2-4H3;3*6H,5H2,1-4H3,(H,10,11)/t;;;;;;2*6-;/m......10./s1. The van der Waals surface area contributed by atoms with Crippen molar-refractivity contribution in [1.82, 2.24) is 40.3 Å². The lowest BCUT2D eigenvalue weighted by Crippen LogP contribution is -2.36. The highest BCUT2D eigenvalue weighted by atomic mass is 35.5. The molecule has 0 aliphatic heterocycles. The third-order valence-corrected chi connectivity index (χ3v) is 14.2. The van der Waals surface area contributed by atoms with E-state index < -0.39 is 33.8 Å². The Kier molecular flexibility index (Phi) is 56.1. The second-order valence-corrected chi connectivity index (χ2v) is 39.9. The van der Waals surface area contributed by atoms with Gasteiger partial charge in [0.1, 0.15) is 21.7 Å². The molecule has 1 heterocycles. The normalized spacial score (nSPS) is 12.4. The molecule has 2 aromatic rings. The Hall–Kier alpha value is -5.77. The molecule has 0 aliphatic carbocycles. The summed E-state index contributed by atoms with van der Waals surface area (Å²) in [5.74, 6) is -1.37. The summed E-state index contributed by atoms with van der Waals surface area (Å²) >= 11 is 18.2. The number of hydrogen-bond acceptors (Lipinski definition) is 10. The van der Waals surface area contributed by atoms with Crippen molar-refractivity contribution in [2.45, 2.75) is 263 Å². The number of nitrogens with one attached hydrogen (secondary N) is 5. The van der Waals surface area contributed by atoms with Crippen molar-refractivity contribution >= 4 is 104 Å². The number of alkyl halides is 6.